The predicted molar refractivity (Wildman–Crippen MR) is 186 cm³/mol. The zero-order valence-electron chi connectivity index (χ0n) is 30.1. The number of carbonyl (C=O) groups is 2. The minimum absolute atomic E-state index is 0.0479. The maximum Gasteiger partial charge on any atom is 0.339 e. The number of unbranched alkanes of at least 4 members (excludes halogenated alkanes) is 18. The van der Waals surface area contributed by atoms with Gasteiger partial charge in [0.15, 0.2) is 0 Å². The highest BCUT2D eigenvalue weighted by Gasteiger charge is 2.24. The minimum atomic E-state index is -0.616. The first-order valence-corrected chi connectivity index (χ1v) is 18.7. The lowest BCUT2D eigenvalue weighted by Gasteiger charge is -2.25. The van der Waals surface area contributed by atoms with Crippen molar-refractivity contribution in [3.05, 3.63) is 35.4 Å². The second-order valence-electron chi connectivity index (χ2n) is 13.8. The Labute approximate surface area is 281 Å². The van der Waals surface area contributed by atoms with Gasteiger partial charge in [0.25, 0.3) is 0 Å². The molecule has 8 heteroatoms. The van der Waals surface area contributed by atoms with Crippen molar-refractivity contribution in [1.29, 1.82) is 0 Å². The van der Waals surface area contributed by atoms with Crippen LogP contribution in [0.1, 0.15) is 163 Å². The molecule has 0 spiro atoms. The average molecular weight is 651 g/mol. The third-order valence-electron chi connectivity index (χ3n) is 8.97. The predicted octanol–water partition coefficient (Wildman–Crippen LogP) is 9.51. The maximum absolute atomic E-state index is 12.8. The smallest absolute Gasteiger partial charge is 0.339 e. The van der Waals surface area contributed by atoms with Crippen molar-refractivity contribution in [2.45, 2.75) is 142 Å². The minimum Gasteiger partial charge on any atom is -0.456 e. The van der Waals surface area contributed by atoms with Gasteiger partial charge < -0.3 is 9.47 Å². The molecule has 0 heterocycles. The van der Waals surface area contributed by atoms with Gasteiger partial charge >= 0.3 is 11.9 Å². The summed E-state index contributed by atoms with van der Waals surface area (Å²) in [4.78, 5) is 25.7. The van der Waals surface area contributed by atoms with Crippen LogP contribution in [-0.4, -0.2) is 85.1 Å². The van der Waals surface area contributed by atoms with Crippen LogP contribution in [0.4, 0.5) is 0 Å². The Kier molecular flexibility index (Phi) is 23.8. The number of quaternary nitrogens is 2. The molecule has 1 aromatic carbocycles. The summed E-state index contributed by atoms with van der Waals surface area (Å²) in [6.45, 7) is 6.36. The SMILES string of the molecule is CCCCCCCCCCCC[N+](C)(O)CCOC(=O)c1ccccc1C(=O)OCC[N+](C)(O)CCCCCCCCCCCC. The molecule has 1 aromatic rings. The molecule has 0 aromatic heterocycles. The maximum atomic E-state index is 12.8. The van der Waals surface area contributed by atoms with Crippen molar-refractivity contribution in [3.63, 3.8) is 0 Å². The van der Waals surface area contributed by atoms with E-state index in [-0.39, 0.29) is 46.7 Å². The van der Waals surface area contributed by atoms with Gasteiger partial charge in [0.05, 0.1) is 25.2 Å². The fourth-order valence-corrected chi connectivity index (χ4v) is 5.77. The molecule has 0 saturated carbocycles. The van der Waals surface area contributed by atoms with Crippen LogP contribution in [0.5, 0.6) is 0 Å². The Balaban J connectivity index is 2.30. The standard InChI is InChI=1S/C38H70N2O6/c1-5-7-9-11-13-15-17-19-21-25-29-39(3,43)31-33-45-37(41)35-27-23-24-28-36(35)38(42)46-34-32-40(4,44)30-26-22-20-18-16-14-12-10-8-6-2/h23-24,27-28,43-44H,5-22,25-26,29-34H2,1-4H3/q+2. The fourth-order valence-electron chi connectivity index (χ4n) is 5.77. The number of hydrogen-bond acceptors (Lipinski definition) is 6. The molecule has 0 aliphatic rings. The fraction of sp³-hybridized carbons (Fsp3) is 0.789. The molecule has 0 amide bonds. The number of benzene rings is 1. The molecule has 1 rings (SSSR count). The van der Waals surface area contributed by atoms with Crippen LogP contribution >= 0.6 is 0 Å². The van der Waals surface area contributed by atoms with E-state index in [1.54, 1.807) is 38.4 Å². The first-order valence-electron chi connectivity index (χ1n) is 18.7. The van der Waals surface area contributed by atoms with Gasteiger partial charge in [-0.25, -0.2) is 20.0 Å². The lowest BCUT2D eigenvalue weighted by atomic mass is 10.1. The normalized spacial score (nSPS) is 14.0. The molecule has 266 valence electrons. The van der Waals surface area contributed by atoms with Crippen LogP contribution in [0, 0.1) is 0 Å². The summed E-state index contributed by atoms with van der Waals surface area (Å²) in [5.41, 5.74) is 0.280. The molecule has 0 aliphatic heterocycles. The first-order chi connectivity index (χ1) is 22.1. The molecule has 46 heavy (non-hydrogen) atoms. The number of hydrogen-bond donors (Lipinski definition) is 2. The number of ether oxygens (including phenoxy) is 2. The van der Waals surface area contributed by atoms with Gasteiger partial charge in [0.2, 0.25) is 0 Å². The highest BCUT2D eigenvalue weighted by atomic mass is 16.6. The van der Waals surface area contributed by atoms with Crippen molar-refractivity contribution in [1.82, 2.24) is 0 Å². The van der Waals surface area contributed by atoms with E-state index in [2.05, 4.69) is 13.8 Å². The van der Waals surface area contributed by atoms with E-state index in [0.29, 0.717) is 13.1 Å². The number of likely N-dealkylation sites (N-methyl/N-ethyl adjacent to an activating group) is 2. The summed E-state index contributed by atoms with van der Waals surface area (Å²) < 4.78 is 10.5. The van der Waals surface area contributed by atoms with E-state index < -0.39 is 11.9 Å². The molecule has 2 atom stereocenters. The van der Waals surface area contributed by atoms with E-state index in [1.165, 1.54) is 103 Å². The number of esters is 2. The number of nitrogens with zero attached hydrogens (tertiary/aromatic N) is 2. The van der Waals surface area contributed by atoms with Crippen LogP contribution in [0.15, 0.2) is 24.3 Å². The molecule has 0 fully saturated rings. The molecule has 0 bridgehead atoms. The molecule has 2 N–H and O–H groups in total. The zero-order chi connectivity index (χ0) is 33.9. The Morgan fingerprint density at radius 1 is 0.500 bits per heavy atom. The summed E-state index contributed by atoms with van der Waals surface area (Å²) in [5, 5.41) is 21.4. The third-order valence-corrected chi connectivity index (χ3v) is 8.97. The Hall–Kier alpha value is -2.00. The Morgan fingerprint density at radius 2 is 0.783 bits per heavy atom. The summed E-state index contributed by atoms with van der Waals surface area (Å²) in [6.07, 6.45) is 24.7. The topological polar surface area (TPSA) is 93.1 Å². The summed E-state index contributed by atoms with van der Waals surface area (Å²) in [7, 11) is 3.47. The lowest BCUT2D eigenvalue weighted by Crippen LogP contribution is -2.44. The quantitative estimate of drug-likeness (QED) is 0.0373. The zero-order valence-corrected chi connectivity index (χ0v) is 30.1. The second kappa shape index (κ2) is 26.0. The highest BCUT2D eigenvalue weighted by molar-refractivity contribution is 6.03. The molecule has 8 nitrogen and oxygen atoms in total. The van der Waals surface area contributed by atoms with Crippen molar-refractivity contribution in [3.8, 4) is 0 Å². The van der Waals surface area contributed by atoms with E-state index in [0.717, 1.165) is 25.7 Å². The van der Waals surface area contributed by atoms with Crippen LogP contribution in [0.25, 0.3) is 0 Å². The largest absolute Gasteiger partial charge is 0.456 e. The Bertz CT molecular complexity index is 847. The third kappa shape index (κ3) is 21.7. The van der Waals surface area contributed by atoms with E-state index in [4.69, 9.17) is 9.47 Å². The summed E-state index contributed by atoms with van der Waals surface area (Å²) in [6, 6.07) is 6.46. The van der Waals surface area contributed by atoms with Gasteiger partial charge in [0.1, 0.15) is 39.4 Å². The Morgan fingerprint density at radius 3 is 1.09 bits per heavy atom. The summed E-state index contributed by atoms with van der Waals surface area (Å²) >= 11 is 0. The van der Waals surface area contributed by atoms with Crippen molar-refractivity contribution < 1.29 is 38.8 Å². The van der Waals surface area contributed by atoms with E-state index in [9.17, 15) is 20.0 Å². The van der Waals surface area contributed by atoms with E-state index in [1.807, 2.05) is 0 Å². The highest BCUT2D eigenvalue weighted by Crippen LogP contribution is 2.15. The van der Waals surface area contributed by atoms with Gasteiger partial charge in [-0.2, -0.15) is 9.29 Å². The van der Waals surface area contributed by atoms with Gasteiger partial charge in [-0.1, -0.05) is 129 Å². The number of rotatable bonds is 30. The summed E-state index contributed by atoms with van der Waals surface area (Å²) in [5.74, 6) is -1.23. The second-order valence-corrected chi connectivity index (χ2v) is 13.8. The molecule has 0 radical (unpaired) electrons. The molecule has 0 saturated heterocycles. The van der Waals surface area contributed by atoms with Crippen molar-refractivity contribution >= 4 is 11.9 Å². The van der Waals surface area contributed by atoms with Gasteiger partial charge in [-0.15, -0.1) is 0 Å². The number of carbonyl (C=O) groups excluding carboxylic acids is 2. The molecular formula is C38H70N2O6+2. The van der Waals surface area contributed by atoms with E-state index >= 15 is 0 Å². The molecule has 0 aliphatic carbocycles. The van der Waals surface area contributed by atoms with Crippen LogP contribution in [0.2, 0.25) is 0 Å². The van der Waals surface area contributed by atoms with Crippen molar-refractivity contribution in [2.24, 2.45) is 0 Å². The van der Waals surface area contributed by atoms with Crippen LogP contribution < -0.4 is 0 Å². The average Bonchev–Trinajstić information content (AvgIpc) is 3.02. The first kappa shape index (κ1) is 42.0. The monoisotopic (exact) mass is 651 g/mol. The number of hydroxylamine groups is 6. The lowest BCUT2D eigenvalue weighted by molar-refractivity contribution is -1.09. The van der Waals surface area contributed by atoms with Gasteiger partial charge in [0, 0.05) is 0 Å². The molecular weight excluding hydrogens is 580 g/mol. The van der Waals surface area contributed by atoms with Crippen molar-refractivity contribution in [2.75, 3.05) is 53.5 Å². The molecule has 2 unspecified atom stereocenters. The van der Waals surface area contributed by atoms with Crippen LogP contribution in [-0.2, 0) is 9.47 Å². The van der Waals surface area contributed by atoms with Crippen LogP contribution in [0.3, 0.4) is 0 Å². The van der Waals surface area contributed by atoms with Gasteiger partial charge in [-0.3, -0.25) is 0 Å². The van der Waals surface area contributed by atoms with Gasteiger partial charge in [-0.05, 0) is 37.8 Å².